The maximum Gasteiger partial charge on any atom is 0.346 e. The summed E-state index contributed by atoms with van der Waals surface area (Å²) in [5, 5.41) is 8.51. The van der Waals surface area contributed by atoms with E-state index in [-0.39, 0.29) is 0 Å². The van der Waals surface area contributed by atoms with Gasteiger partial charge in [-0.2, -0.15) is 0 Å². The average molecular weight is 602 g/mol. The molecule has 3 aromatic rings. The van der Waals surface area contributed by atoms with E-state index in [9.17, 15) is 14.4 Å². The molecule has 0 aliphatic heterocycles. The third-order valence-electron chi connectivity index (χ3n) is 3.63. The zero-order chi connectivity index (χ0) is 22.1. The third-order valence-corrected chi connectivity index (χ3v) is 5.11. The van der Waals surface area contributed by atoms with Crippen LogP contribution in [0.2, 0.25) is 0 Å². The number of carbonyl (C=O) groups excluding carboxylic acids is 2. The van der Waals surface area contributed by atoms with Crippen molar-refractivity contribution in [3.05, 3.63) is 103 Å². The molecule has 30 heavy (non-hydrogen) atoms. The number of benzene rings is 3. The van der Waals surface area contributed by atoms with Gasteiger partial charge in [-0.05, 0) is 76.7 Å². The molecule has 0 aliphatic carbocycles. The van der Waals surface area contributed by atoms with Gasteiger partial charge < -0.3 is 9.84 Å². The van der Waals surface area contributed by atoms with Crippen LogP contribution in [0.15, 0.2) is 77.3 Å². The summed E-state index contributed by atoms with van der Waals surface area (Å²) in [6.07, 6.45) is 0. The number of carboxylic acids is 1. The van der Waals surface area contributed by atoms with E-state index >= 15 is 0 Å². The highest BCUT2D eigenvalue weighted by Gasteiger charge is 2.15. The second-order valence-electron chi connectivity index (χ2n) is 5.84. The second-order valence-corrected chi connectivity index (χ2v) is 8.27. The van der Waals surface area contributed by atoms with E-state index < -0.39 is 17.9 Å². The fourth-order valence-electron chi connectivity index (χ4n) is 2.22. The molecule has 0 heterocycles. The fraction of sp³-hybridized carbons (Fsp3) is 0.0455. The Morgan fingerprint density at radius 1 is 0.867 bits per heavy atom. The molecule has 0 amide bonds. The largest absolute Gasteiger partial charge is 0.478 e. The standard InChI is InChI=1S/C15H10BrClO3.C7H5IO2/c16-13-6-2-5-12(8-13)15(19)20-14(18)11-4-1-3-10(7-11)9-17;8-6-3-1-2-5(4-6)7(9)10/h1-8H,9H2;1-4H,(H,9,10). The molecule has 0 bridgehead atoms. The number of rotatable bonds is 4. The molecule has 0 fully saturated rings. The van der Waals surface area contributed by atoms with Gasteiger partial charge in [-0.1, -0.05) is 40.2 Å². The smallest absolute Gasteiger partial charge is 0.346 e. The predicted octanol–water partition coefficient (Wildman–Crippen LogP) is 6.17. The van der Waals surface area contributed by atoms with E-state index in [2.05, 4.69) is 38.5 Å². The van der Waals surface area contributed by atoms with Gasteiger partial charge in [0.05, 0.1) is 16.7 Å². The molecule has 0 spiro atoms. The first-order chi connectivity index (χ1) is 14.3. The number of aromatic carboxylic acids is 1. The van der Waals surface area contributed by atoms with Crippen LogP contribution < -0.4 is 0 Å². The Kier molecular flexibility index (Phi) is 9.48. The van der Waals surface area contributed by atoms with Crippen molar-refractivity contribution in [2.45, 2.75) is 5.88 Å². The molecule has 5 nitrogen and oxygen atoms in total. The molecule has 154 valence electrons. The third kappa shape index (κ3) is 7.55. The van der Waals surface area contributed by atoms with Gasteiger partial charge in [0.2, 0.25) is 0 Å². The lowest BCUT2D eigenvalue weighted by molar-refractivity contribution is 0.0397. The Labute approximate surface area is 200 Å². The van der Waals surface area contributed by atoms with Crippen LogP contribution in [0.4, 0.5) is 0 Å². The van der Waals surface area contributed by atoms with E-state index in [1.807, 2.05) is 6.07 Å². The van der Waals surface area contributed by atoms with E-state index in [1.54, 1.807) is 66.7 Å². The Morgan fingerprint density at radius 2 is 1.43 bits per heavy atom. The molecule has 0 aromatic heterocycles. The van der Waals surface area contributed by atoms with E-state index in [0.717, 1.165) is 13.6 Å². The van der Waals surface area contributed by atoms with Crippen LogP contribution in [-0.4, -0.2) is 23.0 Å². The van der Waals surface area contributed by atoms with Crippen LogP contribution in [0.1, 0.15) is 36.6 Å². The van der Waals surface area contributed by atoms with Gasteiger partial charge in [0, 0.05) is 13.9 Å². The van der Waals surface area contributed by atoms with Crippen LogP contribution in [0.3, 0.4) is 0 Å². The van der Waals surface area contributed by atoms with E-state index in [4.69, 9.17) is 21.4 Å². The molecule has 0 unspecified atom stereocenters. The van der Waals surface area contributed by atoms with Crippen molar-refractivity contribution in [3.63, 3.8) is 0 Å². The molecule has 0 atom stereocenters. The van der Waals surface area contributed by atoms with Gasteiger partial charge in [0.15, 0.2) is 0 Å². The number of carboxylic acid groups (broad SMARTS) is 1. The normalized spacial score (nSPS) is 9.83. The number of halogens is 3. The highest BCUT2D eigenvalue weighted by molar-refractivity contribution is 14.1. The summed E-state index contributed by atoms with van der Waals surface area (Å²) in [6, 6.07) is 20.1. The summed E-state index contributed by atoms with van der Waals surface area (Å²) in [6.45, 7) is 0. The van der Waals surface area contributed by atoms with Crippen LogP contribution in [-0.2, 0) is 10.6 Å². The second kappa shape index (κ2) is 11.8. The van der Waals surface area contributed by atoms with Gasteiger partial charge in [-0.15, -0.1) is 11.6 Å². The van der Waals surface area contributed by atoms with E-state index in [0.29, 0.717) is 22.6 Å². The summed E-state index contributed by atoms with van der Waals surface area (Å²) in [7, 11) is 0. The minimum absolute atomic E-state index is 0.292. The quantitative estimate of drug-likeness (QED) is 0.167. The van der Waals surface area contributed by atoms with Gasteiger partial charge in [-0.3, -0.25) is 0 Å². The highest BCUT2D eigenvalue weighted by Crippen LogP contribution is 2.14. The first kappa shape index (κ1) is 24.0. The number of alkyl halides is 1. The lowest BCUT2D eigenvalue weighted by atomic mass is 10.1. The average Bonchev–Trinajstić information content (AvgIpc) is 2.74. The minimum atomic E-state index is -0.876. The molecule has 8 heteroatoms. The summed E-state index contributed by atoms with van der Waals surface area (Å²) in [5.41, 5.74) is 1.73. The number of carbonyl (C=O) groups is 3. The van der Waals surface area contributed by atoms with Crippen molar-refractivity contribution >= 4 is 68.0 Å². The maximum atomic E-state index is 11.9. The van der Waals surface area contributed by atoms with Crippen molar-refractivity contribution in [1.82, 2.24) is 0 Å². The van der Waals surface area contributed by atoms with Crippen LogP contribution in [0.25, 0.3) is 0 Å². The molecule has 0 aliphatic rings. The Hall–Kier alpha value is -2.23. The zero-order valence-electron chi connectivity index (χ0n) is 15.3. The fourth-order valence-corrected chi connectivity index (χ4v) is 3.33. The predicted molar refractivity (Wildman–Crippen MR) is 126 cm³/mol. The van der Waals surface area contributed by atoms with Crippen molar-refractivity contribution in [1.29, 1.82) is 0 Å². The summed E-state index contributed by atoms with van der Waals surface area (Å²) < 4.78 is 6.52. The van der Waals surface area contributed by atoms with Crippen LogP contribution in [0, 0.1) is 3.57 Å². The lowest BCUT2D eigenvalue weighted by Gasteiger charge is -2.04. The summed E-state index contributed by atoms with van der Waals surface area (Å²) >= 11 is 11.0. The SMILES string of the molecule is O=C(O)c1cccc(I)c1.O=C(OC(=O)c1cccc(CCl)c1)c1cccc(Br)c1. The highest BCUT2D eigenvalue weighted by atomic mass is 127. The number of hydrogen-bond acceptors (Lipinski definition) is 4. The number of esters is 2. The first-order valence-corrected chi connectivity index (χ1v) is 10.9. The van der Waals surface area contributed by atoms with Crippen LogP contribution in [0.5, 0.6) is 0 Å². The number of ether oxygens (including phenoxy) is 1. The number of hydrogen-bond donors (Lipinski definition) is 1. The molecule has 0 saturated heterocycles. The Bertz CT molecular complexity index is 1070. The van der Waals surface area contributed by atoms with Crippen molar-refractivity contribution < 1.29 is 24.2 Å². The monoisotopic (exact) mass is 600 g/mol. The molecule has 3 rings (SSSR count). The van der Waals surface area contributed by atoms with Gasteiger partial charge in [-0.25, -0.2) is 14.4 Å². The molecular formula is C22H15BrClIO5. The Balaban J connectivity index is 0.000000269. The molecular weight excluding hydrogens is 586 g/mol. The van der Waals surface area contributed by atoms with Crippen LogP contribution >= 0.6 is 50.1 Å². The molecule has 1 N–H and O–H groups in total. The molecule has 0 radical (unpaired) electrons. The Morgan fingerprint density at radius 3 is 1.97 bits per heavy atom. The van der Waals surface area contributed by atoms with Gasteiger partial charge >= 0.3 is 17.9 Å². The first-order valence-electron chi connectivity index (χ1n) is 8.46. The zero-order valence-corrected chi connectivity index (χ0v) is 19.8. The maximum absolute atomic E-state index is 11.9. The van der Waals surface area contributed by atoms with Crippen molar-refractivity contribution in [2.75, 3.05) is 0 Å². The minimum Gasteiger partial charge on any atom is -0.478 e. The van der Waals surface area contributed by atoms with Gasteiger partial charge in [0.25, 0.3) is 0 Å². The van der Waals surface area contributed by atoms with E-state index in [1.165, 1.54) is 0 Å². The van der Waals surface area contributed by atoms with Crippen molar-refractivity contribution in [3.8, 4) is 0 Å². The van der Waals surface area contributed by atoms with Crippen molar-refractivity contribution in [2.24, 2.45) is 0 Å². The van der Waals surface area contributed by atoms with Gasteiger partial charge in [0.1, 0.15) is 0 Å². The summed E-state index contributed by atoms with van der Waals surface area (Å²) in [4.78, 5) is 34.1. The summed E-state index contributed by atoms with van der Waals surface area (Å²) in [5.74, 6) is -1.96. The molecule has 3 aromatic carbocycles. The molecule has 0 saturated carbocycles. The topological polar surface area (TPSA) is 80.7 Å². The lowest BCUT2D eigenvalue weighted by Crippen LogP contribution is -2.13.